The standard InChI is InChI=1S/C15H13ClF2O/c1-15(19,10-5-7-11(17)8-6-10)9-12-13(16)3-2-4-14(12)18/h2-8,19H,9H2,1H3. The summed E-state index contributed by atoms with van der Waals surface area (Å²) in [5.41, 5.74) is -0.564. The van der Waals surface area contributed by atoms with Gasteiger partial charge in [-0.25, -0.2) is 8.78 Å². The van der Waals surface area contributed by atoms with Crippen molar-refractivity contribution in [2.24, 2.45) is 0 Å². The first-order valence-corrected chi connectivity index (χ1v) is 6.19. The lowest BCUT2D eigenvalue weighted by Crippen LogP contribution is -2.25. The van der Waals surface area contributed by atoms with Crippen LogP contribution in [0.5, 0.6) is 0 Å². The topological polar surface area (TPSA) is 20.2 Å². The molecule has 0 spiro atoms. The molecule has 2 rings (SSSR count). The van der Waals surface area contributed by atoms with Gasteiger partial charge in [-0.1, -0.05) is 29.8 Å². The van der Waals surface area contributed by atoms with Crippen molar-refractivity contribution in [2.75, 3.05) is 0 Å². The van der Waals surface area contributed by atoms with E-state index in [9.17, 15) is 13.9 Å². The quantitative estimate of drug-likeness (QED) is 0.900. The minimum atomic E-state index is -1.32. The molecular formula is C15H13ClF2O. The third-order valence-electron chi connectivity index (χ3n) is 3.05. The summed E-state index contributed by atoms with van der Waals surface area (Å²) < 4.78 is 26.6. The zero-order valence-corrected chi connectivity index (χ0v) is 11.1. The first-order chi connectivity index (χ1) is 8.90. The Balaban J connectivity index is 2.33. The number of halogens is 3. The van der Waals surface area contributed by atoms with E-state index in [1.165, 1.54) is 36.4 Å². The number of rotatable bonds is 3. The van der Waals surface area contributed by atoms with E-state index in [1.54, 1.807) is 13.0 Å². The number of hydrogen-bond acceptors (Lipinski definition) is 1. The van der Waals surface area contributed by atoms with E-state index >= 15 is 0 Å². The highest BCUT2D eigenvalue weighted by Crippen LogP contribution is 2.30. The van der Waals surface area contributed by atoms with Gasteiger partial charge in [-0.15, -0.1) is 0 Å². The predicted molar refractivity (Wildman–Crippen MR) is 71.1 cm³/mol. The van der Waals surface area contributed by atoms with E-state index < -0.39 is 11.4 Å². The summed E-state index contributed by atoms with van der Waals surface area (Å²) in [5.74, 6) is -0.849. The maximum Gasteiger partial charge on any atom is 0.128 e. The highest BCUT2D eigenvalue weighted by Gasteiger charge is 2.26. The molecule has 1 nitrogen and oxygen atoms in total. The van der Waals surface area contributed by atoms with Gasteiger partial charge in [-0.05, 0) is 36.8 Å². The van der Waals surface area contributed by atoms with Crippen LogP contribution in [0.4, 0.5) is 8.78 Å². The molecule has 0 aliphatic rings. The second-order valence-electron chi connectivity index (χ2n) is 4.66. The van der Waals surface area contributed by atoms with Gasteiger partial charge in [0.15, 0.2) is 0 Å². The molecule has 100 valence electrons. The molecule has 0 fully saturated rings. The zero-order valence-electron chi connectivity index (χ0n) is 10.3. The summed E-state index contributed by atoms with van der Waals surface area (Å²) in [6, 6.07) is 9.84. The lowest BCUT2D eigenvalue weighted by molar-refractivity contribution is 0.0566. The first kappa shape index (κ1) is 14.0. The minimum absolute atomic E-state index is 0.0180. The van der Waals surface area contributed by atoms with Crippen molar-refractivity contribution in [1.82, 2.24) is 0 Å². The van der Waals surface area contributed by atoms with E-state index in [0.29, 0.717) is 5.56 Å². The van der Waals surface area contributed by atoms with Crippen molar-refractivity contribution < 1.29 is 13.9 Å². The van der Waals surface area contributed by atoms with Gasteiger partial charge < -0.3 is 5.11 Å². The molecule has 1 atom stereocenters. The summed E-state index contributed by atoms with van der Waals surface area (Å²) >= 11 is 5.94. The maximum absolute atomic E-state index is 13.7. The van der Waals surface area contributed by atoms with Gasteiger partial charge in [0.1, 0.15) is 11.6 Å². The van der Waals surface area contributed by atoms with Crippen LogP contribution in [0, 0.1) is 11.6 Å². The third-order valence-corrected chi connectivity index (χ3v) is 3.40. The second-order valence-corrected chi connectivity index (χ2v) is 5.06. The molecule has 0 aliphatic heterocycles. The largest absolute Gasteiger partial charge is 0.385 e. The Morgan fingerprint density at radius 1 is 1.11 bits per heavy atom. The molecule has 0 amide bonds. The van der Waals surface area contributed by atoms with Gasteiger partial charge in [-0.3, -0.25) is 0 Å². The van der Waals surface area contributed by atoms with Crippen LogP contribution in [0.3, 0.4) is 0 Å². The number of aliphatic hydroxyl groups is 1. The molecule has 0 aromatic heterocycles. The van der Waals surface area contributed by atoms with E-state index in [0.717, 1.165) is 0 Å². The van der Waals surface area contributed by atoms with E-state index in [-0.39, 0.29) is 22.8 Å². The van der Waals surface area contributed by atoms with Crippen molar-refractivity contribution in [2.45, 2.75) is 18.9 Å². The fraction of sp³-hybridized carbons (Fsp3) is 0.200. The molecular weight excluding hydrogens is 270 g/mol. The number of benzene rings is 2. The Labute approximate surface area is 115 Å². The third kappa shape index (κ3) is 3.11. The Hall–Kier alpha value is -1.45. The average Bonchev–Trinajstić information content (AvgIpc) is 2.35. The molecule has 1 N–H and O–H groups in total. The lowest BCUT2D eigenvalue weighted by atomic mass is 9.89. The highest BCUT2D eigenvalue weighted by molar-refractivity contribution is 6.31. The molecule has 0 saturated carbocycles. The van der Waals surface area contributed by atoms with Gasteiger partial charge in [0, 0.05) is 17.0 Å². The Bertz CT molecular complexity index is 559. The van der Waals surface area contributed by atoms with E-state index in [4.69, 9.17) is 11.6 Å². The van der Waals surface area contributed by atoms with Crippen molar-refractivity contribution in [3.63, 3.8) is 0 Å². The SMILES string of the molecule is CC(O)(Cc1c(F)cccc1Cl)c1ccc(F)cc1. The summed E-state index contributed by atoms with van der Waals surface area (Å²) in [7, 11) is 0. The summed E-state index contributed by atoms with van der Waals surface area (Å²) in [6.45, 7) is 1.54. The fourth-order valence-corrected chi connectivity index (χ4v) is 2.19. The van der Waals surface area contributed by atoms with E-state index in [1.807, 2.05) is 0 Å². The van der Waals surface area contributed by atoms with Crippen LogP contribution < -0.4 is 0 Å². The average molecular weight is 283 g/mol. The lowest BCUT2D eigenvalue weighted by Gasteiger charge is -2.24. The molecule has 0 radical (unpaired) electrons. The van der Waals surface area contributed by atoms with Crippen LogP contribution in [0.15, 0.2) is 42.5 Å². The van der Waals surface area contributed by atoms with Gasteiger partial charge >= 0.3 is 0 Å². The zero-order chi connectivity index (χ0) is 14.0. The fourth-order valence-electron chi connectivity index (χ4n) is 1.96. The van der Waals surface area contributed by atoms with Gasteiger partial charge in [0.05, 0.1) is 5.60 Å². The van der Waals surface area contributed by atoms with Crippen molar-refractivity contribution in [3.8, 4) is 0 Å². The summed E-state index contributed by atoms with van der Waals surface area (Å²) in [6.07, 6.45) is 0.0180. The van der Waals surface area contributed by atoms with E-state index in [2.05, 4.69) is 0 Å². The normalized spacial score (nSPS) is 14.2. The highest BCUT2D eigenvalue weighted by atomic mass is 35.5. The molecule has 19 heavy (non-hydrogen) atoms. The minimum Gasteiger partial charge on any atom is -0.385 e. The smallest absolute Gasteiger partial charge is 0.128 e. The molecule has 1 unspecified atom stereocenters. The van der Waals surface area contributed by atoms with Crippen molar-refractivity contribution in [3.05, 3.63) is 70.2 Å². The second kappa shape index (κ2) is 5.27. The summed E-state index contributed by atoms with van der Waals surface area (Å²) in [4.78, 5) is 0. The molecule has 2 aromatic carbocycles. The van der Waals surface area contributed by atoms with Gasteiger partial charge in [-0.2, -0.15) is 0 Å². The predicted octanol–water partition coefficient (Wildman–Crippen LogP) is 4.07. The molecule has 0 bridgehead atoms. The molecule has 0 heterocycles. The van der Waals surface area contributed by atoms with Gasteiger partial charge in [0.2, 0.25) is 0 Å². The Morgan fingerprint density at radius 3 is 2.32 bits per heavy atom. The van der Waals surface area contributed by atoms with Crippen LogP contribution in [0.2, 0.25) is 5.02 Å². The molecule has 0 aliphatic carbocycles. The Morgan fingerprint density at radius 2 is 1.74 bits per heavy atom. The Kier molecular flexibility index (Phi) is 3.88. The van der Waals surface area contributed by atoms with Crippen LogP contribution in [-0.2, 0) is 12.0 Å². The van der Waals surface area contributed by atoms with Gasteiger partial charge in [0.25, 0.3) is 0 Å². The van der Waals surface area contributed by atoms with Crippen LogP contribution >= 0.6 is 11.6 Å². The molecule has 0 saturated heterocycles. The van der Waals surface area contributed by atoms with Crippen molar-refractivity contribution >= 4 is 11.6 Å². The first-order valence-electron chi connectivity index (χ1n) is 5.81. The number of hydrogen-bond donors (Lipinski definition) is 1. The van der Waals surface area contributed by atoms with Crippen molar-refractivity contribution in [1.29, 1.82) is 0 Å². The van der Waals surface area contributed by atoms with Crippen LogP contribution in [0.25, 0.3) is 0 Å². The maximum atomic E-state index is 13.7. The molecule has 4 heteroatoms. The molecule has 2 aromatic rings. The van der Waals surface area contributed by atoms with Crippen LogP contribution in [-0.4, -0.2) is 5.11 Å². The monoisotopic (exact) mass is 282 g/mol. The van der Waals surface area contributed by atoms with Crippen LogP contribution in [0.1, 0.15) is 18.1 Å². The summed E-state index contributed by atoms with van der Waals surface area (Å²) in [5, 5.41) is 10.7.